The molecule has 0 amide bonds. The minimum atomic E-state index is 0.446. The monoisotopic (exact) mass is 462 g/mol. The van der Waals surface area contributed by atoms with Crippen LogP contribution in [0.4, 0.5) is 0 Å². The van der Waals surface area contributed by atoms with Crippen molar-refractivity contribution in [2.75, 3.05) is 26.8 Å². The van der Waals surface area contributed by atoms with Crippen LogP contribution in [0, 0.1) is 0 Å². The molecule has 2 fully saturated rings. The lowest BCUT2D eigenvalue weighted by atomic mass is 9.84. The van der Waals surface area contributed by atoms with Gasteiger partial charge >= 0.3 is 0 Å². The lowest BCUT2D eigenvalue weighted by Gasteiger charge is -2.44. The first-order valence-electron chi connectivity index (χ1n) is 13.7. The number of hydrogen-bond donors (Lipinski definition) is 1. The Hall–Kier alpha value is -2.04. The second-order valence-electron chi connectivity index (χ2n) is 10.5. The highest BCUT2D eigenvalue weighted by molar-refractivity contribution is 5.40. The molecule has 1 aliphatic carbocycles. The molecule has 1 saturated carbocycles. The fraction of sp³-hybridized carbons (Fsp3) is 0.600. The number of piperidine rings is 1. The van der Waals surface area contributed by atoms with Gasteiger partial charge in [-0.15, -0.1) is 0 Å². The summed E-state index contributed by atoms with van der Waals surface area (Å²) >= 11 is 0. The summed E-state index contributed by atoms with van der Waals surface area (Å²) in [4.78, 5) is 2.83. The molecule has 34 heavy (non-hydrogen) atoms. The van der Waals surface area contributed by atoms with E-state index in [1.165, 1.54) is 68.1 Å². The Balaban J connectivity index is 1.26. The topological polar surface area (TPSA) is 33.7 Å². The third-order valence-corrected chi connectivity index (χ3v) is 8.29. The summed E-state index contributed by atoms with van der Waals surface area (Å²) < 4.78 is 11.6. The number of hydrogen-bond acceptors (Lipinski definition) is 4. The van der Waals surface area contributed by atoms with Crippen LogP contribution in [-0.4, -0.2) is 43.8 Å². The summed E-state index contributed by atoms with van der Waals surface area (Å²) in [5, 5.41) is 3.61. The molecule has 1 saturated heterocycles. The molecule has 0 bridgehead atoms. The Morgan fingerprint density at radius 3 is 2.47 bits per heavy atom. The first-order chi connectivity index (χ1) is 16.8. The van der Waals surface area contributed by atoms with E-state index < -0.39 is 0 Å². The van der Waals surface area contributed by atoms with Crippen molar-refractivity contribution in [3.63, 3.8) is 0 Å². The highest BCUT2D eigenvalue weighted by Gasteiger charge is 2.33. The summed E-state index contributed by atoms with van der Waals surface area (Å²) in [6, 6.07) is 17.4. The van der Waals surface area contributed by atoms with E-state index in [1.807, 2.05) is 0 Å². The minimum Gasteiger partial charge on any atom is -0.497 e. The van der Waals surface area contributed by atoms with Crippen LogP contribution in [-0.2, 0) is 12.8 Å². The Morgan fingerprint density at radius 2 is 1.71 bits per heavy atom. The van der Waals surface area contributed by atoms with Gasteiger partial charge in [-0.3, -0.25) is 4.90 Å². The summed E-state index contributed by atoms with van der Waals surface area (Å²) in [7, 11) is 1.77. The van der Waals surface area contributed by atoms with Crippen LogP contribution in [0.25, 0.3) is 0 Å². The zero-order valence-electron chi connectivity index (χ0n) is 20.9. The number of ether oxygens (including phenoxy) is 2. The van der Waals surface area contributed by atoms with Crippen molar-refractivity contribution in [3.8, 4) is 11.5 Å². The summed E-state index contributed by atoms with van der Waals surface area (Å²) in [6.45, 7) is 3.12. The third kappa shape index (κ3) is 5.78. The van der Waals surface area contributed by atoms with E-state index in [1.54, 1.807) is 7.11 Å². The molecule has 3 aliphatic rings. The van der Waals surface area contributed by atoms with Crippen LogP contribution in [0.1, 0.15) is 80.5 Å². The highest BCUT2D eigenvalue weighted by atomic mass is 16.5. The van der Waals surface area contributed by atoms with Crippen molar-refractivity contribution in [2.24, 2.45) is 0 Å². The predicted octanol–water partition coefficient (Wildman–Crippen LogP) is 6.08. The third-order valence-electron chi connectivity index (χ3n) is 8.29. The summed E-state index contributed by atoms with van der Waals surface area (Å²) in [5.41, 5.74) is 4.36. The van der Waals surface area contributed by atoms with Crippen LogP contribution in [0.5, 0.6) is 11.5 Å². The summed E-state index contributed by atoms with van der Waals surface area (Å²) in [5.74, 6) is 1.98. The smallest absolute Gasteiger partial charge is 0.119 e. The van der Waals surface area contributed by atoms with E-state index in [0.717, 1.165) is 56.5 Å². The van der Waals surface area contributed by atoms with Gasteiger partial charge in [-0.25, -0.2) is 0 Å². The van der Waals surface area contributed by atoms with Crippen LogP contribution < -0.4 is 14.8 Å². The maximum absolute atomic E-state index is 6.09. The van der Waals surface area contributed by atoms with Crippen molar-refractivity contribution in [3.05, 3.63) is 59.2 Å². The predicted molar refractivity (Wildman–Crippen MR) is 139 cm³/mol. The van der Waals surface area contributed by atoms with Crippen molar-refractivity contribution in [2.45, 2.75) is 88.8 Å². The van der Waals surface area contributed by atoms with Gasteiger partial charge in [0.15, 0.2) is 0 Å². The molecular weight excluding hydrogens is 420 g/mol. The fourth-order valence-electron chi connectivity index (χ4n) is 6.35. The molecule has 0 spiro atoms. The van der Waals surface area contributed by atoms with E-state index in [-0.39, 0.29) is 0 Å². The number of benzene rings is 2. The number of methoxy groups -OCH3 is 1. The van der Waals surface area contributed by atoms with Crippen LogP contribution in [0.3, 0.4) is 0 Å². The molecule has 4 nitrogen and oxygen atoms in total. The Bertz CT molecular complexity index is 901. The second kappa shape index (κ2) is 11.6. The van der Waals surface area contributed by atoms with Crippen LogP contribution >= 0.6 is 0 Å². The maximum atomic E-state index is 6.09. The molecule has 184 valence electrons. The number of nitrogens with one attached hydrogen (secondary N) is 1. The quantitative estimate of drug-likeness (QED) is 0.515. The zero-order chi connectivity index (χ0) is 23.2. The SMILES string of the molecule is COc1ccc2c(c1)CCN(C1CCCCC1)C2Cc1ccc(OCCC2CCCCN2)cc1. The molecule has 2 heterocycles. The van der Waals surface area contributed by atoms with Gasteiger partial charge in [0.1, 0.15) is 11.5 Å². The molecule has 1 N–H and O–H groups in total. The van der Waals surface area contributed by atoms with Gasteiger partial charge in [-0.2, -0.15) is 0 Å². The van der Waals surface area contributed by atoms with Crippen molar-refractivity contribution in [1.82, 2.24) is 10.2 Å². The maximum Gasteiger partial charge on any atom is 0.119 e. The van der Waals surface area contributed by atoms with Crippen molar-refractivity contribution in [1.29, 1.82) is 0 Å². The minimum absolute atomic E-state index is 0.446. The largest absolute Gasteiger partial charge is 0.497 e. The van der Waals surface area contributed by atoms with E-state index in [4.69, 9.17) is 9.47 Å². The van der Waals surface area contributed by atoms with Gasteiger partial charge < -0.3 is 14.8 Å². The Morgan fingerprint density at radius 1 is 0.912 bits per heavy atom. The Labute approximate surface area is 206 Å². The molecule has 2 atom stereocenters. The summed E-state index contributed by atoms with van der Waals surface area (Å²) in [6.07, 6.45) is 14.1. The van der Waals surface area contributed by atoms with Crippen LogP contribution in [0.2, 0.25) is 0 Å². The fourth-order valence-corrected chi connectivity index (χ4v) is 6.35. The van der Waals surface area contributed by atoms with E-state index >= 15 is 0 Å². The number of rotatable bonds is 8. The number of nitrogens with zero attached hydrogens (tertiary/aromatic N) is 1. The zero-order valence-corrected chi connectivity index (χ0v) is 20.9. The normalized spacial score (nSPS) is 23.9. The molecule has 0 radical (unpaired) electrons. The molecule has 2 aromatic rings. The molecule has 2 aromatic carbocycles. The van der Waals surface area contributed by atoms with Crippen molar-refractivity contribution >= 4 is 0 Å². The molecule has 0 aromatic heterocycles. The highest BCUT2D eigenvalue weighted by Crippen LogP contribution is 2.38. The standard InChI is InChI=1S/C30H42N2O2/c1-33-28-14-15-29-24(22-28)16-19-32(26-8-3-2-4-9-26)30(29)21-23-10-12-27(13-11-23)34-20-17-25-7-5-6-18-31-25/h10-15,22,25-26,30-31H,2-9,16-21H2,1H3. The van der Waals surface area contributed by atoms with Gasteiger partial charge in [0.2, 0.25) is 0 Å². The average Bonchev–Trinajstić information content (AvgIpc) is 2.90. The van der Waals surface area contributed by atoms with Gasteiger partial charge in [-0.1, -0.05) is 43.9 Å². The van der Waals surface area contributed by atoms with Gasteiger partial charge in [0.05, 0.1) is 13.7 Å². The van der Waals surface area contributed by atoms with Gasteiger partial charge in [0, 0.05) is 24.7 Å². The molecule has 2 unspecified atom stereocenters. The van der Waals surface area contributed by atoms with E-state index in [0.29, 0.717) is 12.1 Å². The molecule has 4 heteroatoms. The first-order valence-corrected chi connectivity index (χ1v) is 13.7. The number of fused-ring (bicyclic) bond motifs is 1. The lowest BCUT2D eigenvalue weighted by molar-refractivity contribution is 0.0945. The molecule has 2 aliphatic heterocycles. The van der Waals surface area contributed by atoms with Crippen LogP contribution in [0.15, 0.2) is 42.5 Å². The molecular formula is C30H42N2O2. The van der Waals surface area contributed by atoms with Gasteiger partial charge in [0.25, 0.3) is 0 Å². The molecule has 5 rings (SSSR count). The van der Waals surface area contributed by atoms with E-state index in [9.17, 15) is 0 Å². The lowest BCUT2D eigenvalue weighted by Crippen LogP contribution is -2.44. The van der Waals surface area contributed by atoms with Gasteiger partial charge in [-0.05, 0) is 92.4 Å². The average molecular weight is 463 g/mol. The van der Waals surface area contributed by atoms with Crippen molar-refractivity contribution < 1.29 is 9.47 Å². The Kier molecular flexibility index (Phi) is 8.08. The van der Waals surface area contributed by atoms with E-state index in [2.05, 4.69) is 52.7 Å². The second-order valence-corrected chi connectivity index (χ2v) is 10.5. The first kappa shape index (κ1) is 23.7.